The zero-order valence-corrected chi connectivity index (χ0v) is 19.7. The summed E-state index contributed by atoms with van der Waals surface area (Å²) in [6.07, 6.45) is 2.31. The Morgan fingerprint density at radius 3 is 2.29 bits per heavy atom. The van der Waals surface area contributed by atoms with E-state index in [4.69, 9.17) is 4.99 Å². The first kappa shape index (κ1) is 20.7. The maximum absolute atomic E-state index is 12.8. The van der Waals surface area contributed by atoms with Crippen LogP contribution in [-0.4, -0.2) is 38.5 Å². The van der Waals surface area contributed by atoms with Gasteiger partial charge in [0.15, 0.2) is 0 Å². The van der Waals surface area contributed by atoms with Gasteiger partial charge in [-0.05, 0) is 30.3 Å². The van der Waals surface area contributed by atoms with Crippen LogP contribution in [-0.2, 0) is 13.0 Å². The lowest BCUT2D eigenvalue weighted by Crippen LogP contribution is -2.32. The quantitative estimate of drug-likeness (QED) is 0.369. The predicted molar refractivity (Wildman–Crippen MR) is 133 cm³/mol. The van der Waals surface area contributed by atoms with E-state index in [0.29, 0.717) is 24.1 Å². The lowest BCUT2D eigenvalue weighted by molar-refractivity contribution is 0.0655. The molecule has 2 amide bonds. The fraction of sp³-hybridized carbons (Fsp3) is 0.111. The normalized spacial score (nSPS) is 14.4. The number of rotatable bonds is 4. The maximum atomic E-state index is 12.8. The van der Waals surface area contributed by atoms with Gasteiger partial charge in [0.2, 0.25) is 0 Å². The second-order valence-corrected chi connectivity index (χ2v) is 9.17. The van der Waals surface area contributed by atoms with E-state index < -0.39 is 0 Å². The van der Waals surface area contributed by atoms with Crippen LogP contribution in [0.2, 0.25) is 0 Å². The molecule has 6 rings (SSSR count). The van der Waals surface area contributed by atoms with Crippen LogP contribution in [0, 0.1) is 0 Å². The molecule has 1 aromatic heterocycles. The SMILES string of the molecule is O=C1c2ccccc2C(=O)N1CCc1cnc2n1-c1cc(Br)ccc1C(c1ccccc1)=NC2. The first-order valence-corrected chi connectivity index (χ1v) is 11.8. The van der Waals surface area contributed by atoms with Crippen LogP contribution in [0.25, 0.3) is 5.69 Å². The fourth-order valence-corrected chi connectivity index (χ4v) is 5.00. The van der Waals surface area contributed by atoms with Gasteiger partial charge in [0, 0.05) is 40.5 Å². The van der Waals surface area contributed by atoms with Crippen molar-refractivity contribution in [2.24, 2.45) is 4.99 Å². The number of aromatic nitrogens is 2. The van der Waals surface area contributed by atoms with Crippen LogP contribution >= 0.6 is 15.9 Å². The Kier molecular flexibility index (Phi) is 4.99. The number of nitrogens with zero attached hydrogens (tertiary/aromatic N) is 4. The third kappa shape index (κ3) is 3.31. The van der Waals surface area contributed by atoms with Gasteiger partial charge in [-0.15, -0.1) is 0 Å². The van der Waals surface area contributed by atoms with Crippen molar-refractivity contribution in [3.8, 4) is 5.69 Å². The highest BCUT2D eigenvalue weighted by Crippen LogP contribution is 2.30. The standard InChI is InChI=1S/C27H19BrN4O2/c28-18-10-11-22-23(14-18)32-19(12-13-31-26(33)20-8-4-5-9-21(20)27(31)34)15-29-24(32)16-30-25(22)17-6-2-1-3-7-17/h1-11,14-15H,12-13,16H2. The van der Waals surface area contributed by atoms with Gasteiger partial charge >= 0.3 is 0 Å². The number of carbonyl (C=O) groups excluding carboxylic acids is 2. The second kappa shape index (κ2) is 8.18. The molecular weight excluding hydrogens is 492 g/mol. The summed E-state index contributed by atoms with van der Waals surface area (Å²) in [6.45, 7) is 0.719. The number of hydrogen-bond donors (Lipinski definition) is 0. The summed E-state index contributed by atoms with van der Waals surface area (Å²) in [5.74, 6) is 0.339. The molecule has 4 aromatic rings. The maximum Gasteiger partial charge on any atom is 0.261 e. The van der Waals surface area contributed by atoms with Crippen LogP contribution in [0.15, 0.2) is 88.5 Å². The molecule has 0 radical (unpaired) electrons. The molecule has 0 saturated carbocycles. The summed E-state index contributed by atoms with van der Waals surface area (Å²) in [5, 5.41) is 0. The minimum Gasteiger partial charge on any atom is -0.298 e. The molecular formula is C27H19BrN4O2. The van der Waals surface area contributed by atoms with Crippen molar-refractivity contribution >= 4 is 33.5 Å². The largest absolute Gasteiger partial charge is 0.298 e. The summed E-state index contributed by atoms with van der Waals surface area (Å²) in [4.78, 5) is 36.5. The number of aliphatic imine (C=N–C) groups is 1. The molecule has 3 heterocycles. The highest BCUT2D eigenvalue weighted by atomic mass is 79.9. The van der Waals surface area contributed by atoms with Crippen molar-refractivity contribution in [3.63, 3.8) is 0 Å². The molecule has 0 fully saturated rings. The zero-order chi connectivity index (χ0) is 23.2. The third-order valence-electron chi connectivity index (χ3n) is 6.26. The van der Waals surface area contributed by atoms with E-state index in [1.807, 2.05) is 30.5 Å². The molecule has 0 N–H and O–H groups in total. The first-order valence-electron chi connectivity index (χ1n) is 11.0. The molecule has 0 atom stereocenters. The average Bonchev–Trinajstić information content (AvgIpc) is 3.32. The third-order valence-corrected chi connectivity index (χ3v) is 6.75. The van der Waals surface area contributed by atoms with E-state index in [2.05, 4.69) is 49.7 Å². The molecule has 0 spiro atoms. The van der Waals surface area contributed by atoms with E-state index in [-0.39, 0.29) is 18.4 Å². The molecule has 0 aliphatic carbocycles. The number of amides is 2. The van der Waals surface area contributed by atoms with Gasteiger partial charge in [0.1, 0.15) is 5.82 Å². The smallest absolute Gasteiger partial charge is 0.261 e. The Bertz CT molecular complexity index is 1450. The lowest BCUT2D eigenvalue weighted by Gasteiger charge is -2.17. The Morgan fingerprint density at radius 1 is 0.853 bits per heavy atom. The molecule has 166 valence electrons. The van der Waals surface area contributed by atoms with Crippen LogP contribution in [0.3, 0.4) is 0 Å². The molecule has 0 bridgehead atoms. The number of carbonyl (C=O) groups is 2. The van der Waals surface area contributed by atoms with Gasteiger partial charge in [0.05, 0.1) is 29.1 Å². The second-order valence-electron chi connectivity index (χ2n) is 8.25. The minimum atomic E-state index is -0.242. The summed E-state index contributed by atoms with van der Waals surface area (Å²) in [5.41, 5.74) is 5.80. The molecule has 7 heteroatoms. The van der Waals surface area contributed by atoms with Crippen LogP contribution in [0.4, 0.5) is 0 Å². The van der Waals surface area contributed by atoms with Crippen molar-refractivity contribution in [3.05, 3.63) is 117 Å². The van der Waals surface area contributed by atoms with Crippen molar-refractivity contribution in [2.75, 3.05) is 6.54 Å². The Hall–Kier alpha value is -3.84. The Labute approximate surface area is 204 Å². The van der Waals surface area contributed by atoms with Crippen molar-refractivity contribution < 1.29 is 9.59 Å². The molecule has 3 aromatic carbocycles. The molecule has 0 saturated heterocycles. The van der Waals surface area contributed by atoms with Gasteiger partial charge in [-0.3, -0.25) is 24.0 Å². The van der Waals surface area contributed by atoms with E-state index >= 15 is 0 Å². The van der Waals surface area contributed by atoms with E-state index in [9.17, 15) is 9.59 Å². The van der Waals surface area contributed by atoms with Gasteiger partial charge in [-0.1, -0.05) is 58.4 Å². The molecule has 34 heavy (non-hydrogen) atoms. The van der Waals surface area contributed by atoms with Gasteiger partial charge in [-0.25, -0.2) is 4.98 Å². The number of imide groups is 1. The van der Waals surface area contributed by atoms with Crippen LogP contribution < -0.4 is 0 Å². The summed E-state index contributed by atoms with van der Waals surface area (Å²) in [6, 6.07) is 23.2. The minimum absolute atomic E-state index is 0.242. The van der Waals surface area contributed by atoms with Crippen LogP contribution in [0.1, 0.15) is 43.4 Å². The number of halogens is 1. The molecule has 0 unspecified atom stereocenters. The number of fused-ring (bicyclic) bond motifs is 4. The number of hydrogen-bond acceptors (Lipinski definition) is 4. The summed E-state index contributed by atoms with van der Waals surface area (Å²) >= 11 is 3.61. The number of benzene rings is 3. The fourth-order valence-electron chi connectivity index (χ4n) is 4.65. The summed E-state index contributed by atoms with van der Waals surface area (Å²) in [7, 11) is 0. The monoisotopic (exact) mass is 510 g/mol. The average molecular weight is 511 g/mol. The van der Waals surface area contributed by atoms with Crippen LogP contribution in [0.5, 0.6) is 0 Å². The summed E-state index contributed by atoms with van der Waals surface area (Å²) < 4.78 is 3.06. The topological polar surface area (TPSA) is 67.6 Å². The Balaban J connectivity index is 1.36. The highest BCUT2D eigenvalue weighted by molar-refractivity contribution is 9.10. The number of imidazole rings is 1. The molecule has 2 aliphatic heterocycles. The van der Waals surface area contributed by atoms with Crippen molar-refractivity contribution in [1.29, 1.82) is 0 Å². The first-order chi connectivity index (χ1) is 16.6. The zero-order valence-electron chi connectivity index (χ0n) is 18.1. The van der Waals surface area contributed by atoms with Crippen molar-refractivity contribution in [1.82, 2.24) is 14.5 Å². The van der Waals surface area contributed by atoms with E-state index in [1.165, 1.54) is 4.90 Å². The molecule has 6 nitrogen and oxygen atoms in total. The van der Waals surface area contributed by atoms with Gasteiger partial charge in [0.25, 0.3) is 11.8 Å². The van der Waals surface area contributed by atoms with E-state index in [1.54, 1.807) is 24.3 Å². The van der Waals surface area contributed by atoms with Crippen molar-refractivity contribution in [2.45, 2.75) is 13.0 Å². The van der Waals surface area contributed by atoms with Gasteiger partial charge in [-0.2, -0.15) is 0 Å². The van der Waals surface area contributed by atoms with E-state index in [0.717, 1.165) is 38.5 Å². The van der Waals surface area contributed by atoms with Gasteiger partial charge < -0.3 is 0 Å². The lowest BCUT2D eigenvalue weighted by atomic mass is 10.0. The predicted octanol–water partition coefficient (Wildman–Crippen LogP) is 4.82. The molecule has 2 aliphatic rings. The highest BCUT2D eigenvalue weighted by Gasteiger charge is 2.35. The Morgan fingerprint density at radius 2 is 1.56 bits per heavy atom.